The van der Waals surface area contributed by atoms with Gasteiger partial charge in [-0.25, -0.2) is 0 Å². The standard InChI is InChI=1S/C25H25N3O2S/c1-16-6-4-7-20(11-16)26-25(31)28(15-21-8-5-9-30-21)14-19-13-22-18(3)10-17(2)12-23(22)27-24(19)29/h4-13H,14-15H2,1-3H3,(H,26,31)(H,27,29). The Bertz CT molecular complexity index is 1290. The molecule has 2 heterocycles. The lowest BCUT2D eigenvalue weighted by Gasteiger charge is -2.25. The van der Waals surface area contributed by atoms with E-state index in [9.17, 15) is 4.79 Å². The van der Waals surface area contributed by atoms with Gasteiger partial charge in [0.1, 0.15) is 5.76 Å². The number of thiocarbonyl (C=S) groups is 1. The number of aryl methyl sites for hydroxylation is 3. The Labute approximate surface area is 186 Å². The predicted molar refractivity (Wildman–Crippen MR) is 129 cm³/mol. The first kappa shape index (κ1) is 20.9. The minimum absolute atomic E-state index is 0.111. The number of fused-ring (bicyclic) bond motifs is 1. The molecule has 0 radical (unpaired) electrons. The average Bonchev–Trinajstić information content (AvgIpc) is 3.21. The fourth-order valence-electron chi connectivity index (χ4n) is 3.75. The van der Waals surface area contributed by atoms with Gasteiger partial charge in [0.25, 0.3) is 5.56 Å². The fraction of sp³-hybridized carbons (Fsp3) is 0.200. The van der Waals surface area contributed by atoms with E-state index < -0.39 is 0 Å². The Hall–Kier alpha value is -3.38. The van der Waals surface area contributed by atoms with Gasteiger partial charge in [-0.15, -0.1) is 0 Å². The van der Waals surface area contributed by atoms with Crippen LogP contribution in [-0.4, -0.2) is 15.0 Å². The van der Waals surface area contributed by atoms with Crippen LogP contribution in [-0.2, 0) is 13.1 Å². The molecule has 0 aliphatic carbocycles. The number of nitrogens with one attached hydrogen (secondary N) is 2. The highest BCUT2D eigenvalue weighted by atomic mass is 32.1. The van der Waals surface area contributed by atoms with Gasteiger partial charge < -0.3 is 19.6 Å². The van der Waals surface area contributed by atoms with Crippen molar-refractivity contribution in [3.8, 4) is 0 Å². The smallest absolute Gasteiger partial charge is 0.253 e. The lowest BCUT2D eigenvalue weighted by Crippen LogP contribution is -2.35. The summed E-state index contributed by atoms with van der Waals surface area (Å²) < 4.78 is 5.54. The van der Waals surface area contributed by atoms with Gasteiger partial charge in [-0.1, -0.05) is 18.2 Å². The molecule has 4 aromatic rings. The Kier molecular flexibility index (Phi) is 5.91. The van der Waals surface area contributed by atoms with Crippen molar-refractivity contribution >= 4 is 33.9 Å². The average molecular weight is 432 g/mol. The molecule has 2 N–H and O–H groups in total. The van der Waals surface area contributed by atoms with E-state index in [4.69, 9.17) is 16.6 Å². The highest BCUT2D eigenvalue weighted by Gasteiger charge is 2.16. The van der Waals surface area contributed by atoms with Crippen molar-refractivity contribution in [2.24, 2.45) is 0 Å². The van der Waals surface area contributed by atoms with Crippen LogP contribution in [0.25, 0.3) is 10.9 Å². The summed E-state index contributed by atoms with van der Waals surface area (Å²) in [7, 11) is 0. The van der Waals surface area contributed by atoms with E-state index in [0.29, 0.717) is 23.8 Å². The van der Waals surface area contributed by atoms with E-state index in [1.165, 1.54) is 0 Å². The largest absolute Gasteiger partial charge is 0.467 e. The summed E-state index contributed by atoms with van der Waals surface area (Å²) in [5.74, 6) is 0.775. The highest BCUT2D eigenvalue weighted by Crippen LogP contribution is 2.20. The molecular formula is C25H25N3O2S. The SMILES string of the molecule is Cc1cccc(NC(=S)N(Cc2ccco2)Cc2cc3c(C)cc(C)cc3[nH]c2=O)c1. The summed E-state index contributed by atoms with van der Waals surface area (Å²) in [5.41, 5.74) is 5.70. The summed E-state index contributed by atoms with van der Waals surface area (Å²) in [4.78, 5) is 17.8. The van der Waals surface area contributed by atoms with Gasteiger partial charge in [0.15, 0.2) is 5.11 Å². The normalized spacial score (nSPS) is 10.9. The second-order valence-corrected chi connectivity index (χ2v) is 8.29. The van der Waals surface area contributed by atoms with Gasteiger partial charge in [-0.3, -0.25) is 4.79 Å². The lowest BCUT2D eigenvalue weighted by molar-refractivity contribution is 0.359. The minimum Gasteiger partial charge on any atom is -0.467 e. The highest BCUT2D eigenvalue weighted by molar-refractivity contribution is 7.80. The molecular weight excluding hydrogens is 406 g/mol. The third-order valence-corrected chi connectivity index (χ3v) is 5.59. The number of hydrogen-bond donors (Lipinski definition) is 2. The molecule has 31 heavy (non-hydrogen) atoms. The lowest BCUT2D eigenvalue weighted by atomic mass is 10.0. The molecule has 4 rings (SSSR count). The summed E-state index contributed by atoms with van der Waals surface area (Å²) in [5, 5.41) is 4.86. The second-order valence-electron chi connectivity index (χ2n) is 7.90. The van der Waals surface area contributed by atoms with E-state index in [1.54, 1.807) is 6.26 Å². The van der Waals surface area contributed by atoms with Gasteiger partial charge in [0.05, 0.1) is 19.4 Å². The van der Waals surface area contributed by atoms with Crippen LogP contribution in [0.4, 0.5) is 5.69 Å². The molecule has 0 amide bonds. The zero-order valence-electron chi connectivity index (χ0n) is 17.9. The van der Waals surface area contributed by atoms with Crippen molar-refractivity contribution in [3.63, 3.8) is 0 Å². The molecule has 158 valence electrons. The van der Waals surface area contributed by atoms with Crippen LogP contribution in [0.5, 0.6) is 0 Å². The number of rotatable bonds is 5. The van der Waals surface area contributed by atoms with Crippen molar-refractivity contribution < 1.29 is 4.42 Å². The Morgan fingerprint density at radius 1 is 1.03 bits per heavy atom. The van der Waals surface area contributed by atoms with Crippen molar-refractivity contribution in [1.29, 1.82) is 0 Å². The van der Waals surface area contributed by atoms with Gasteiger partial charge in [0, 0.05) is 22.2 Å². The Morgan fingerprint density at radius 3 is 2.61 bits per heavy atom. The zero-order valence-corrected chi connectivity index (χ0v) is 18.7. The maximum Gasteiger partial charge on any atom is 0.253 e. The number of nitrogens with zero attached hydrogens (tertiary/aromatic N) is 1. The van der Waals surface area contributed by atoms with Crippen LogP contribution in [0.1, 0.15) is 28.0 Å². The number of anilines is 1. The fourth-order valence-corrected chi connectivity index (χ4v) is 4.00. The Balaban J connectivity index is 1.66. The monoisotopic (exact) mass is 431 g/mol. The number of benzene rings is 2. The Morgan fingerprint density at radius 2 is 1.87 bits per heavy atom. The van der Waals surface area contributed by atoms with Gasteiger partial charge >= 0.3 is 0 Å². The molecule has 0 atom stereocenters. The molecule has 0 spiro atoms. The zero-order chi connectivity index (χ0) is 22.0. The van der Waals surface area contributed by atoms with Crippen LogP contribution < -0.4 is 10.9 Å². The van der Waals surface area contributed by atoms with Crippen LogP contribution in [0.2, 0.25) is 0 Å². The van der Waals surface area contributed by atoms with Crippen LogP contribution >= 0.6 is 12.2 Å². The quantitative estimate of drug-likeness (QED) is 0.412. The number of hydrogen-bond acceptors (Lipinski definition) is 3. The third kappa shape index (κ3) is 4.86. The predicted octanol–water partition coefficient (Wildman–Crippen LogP) is 5.45. The second kappa shape index (κ2) is 8.78. The van der Waals surface area contributed by atoms with E-state index in [0.717, 1.165) is 39.0 Å². The van der Waals surface area contributed by atoms with E-state index in [1.807, 2.05) is 67.3 Å². The molecule has 5 nitrogen and oxygen atoms in total. The summed E-state index contributed by atoms with van der Waals surface area (Å²) in [6.45, 7) is 6.93. The summed E-state index contributed by atoms with van der Waals surface area (Å²) in [6.07, 6.45) is 1.64. The molecule has 0 unspecified atom stereocenters. The van der Waals surface area contributed by atoms with Crippen molar-refractivity contribution in [3.05, 3.63) is 99.2 Å². The molecule has 6 heteroatoms. The minimum atomic E-state index is -0.111. The summed E-state index contributed by atoms with van der Waals surface area (Å²) in [6, 6.07) is 17.9. The topological polar surface area (TPSA) is 61.3 Å². The van der Waals surface area contributed by atoms with E-state index in [-0.39, 0.29) is 5.56 Å². The third-order valence-electron chi connectivity index (χ3n) is 5.23. The van der Waals surface area contributed by atoms with Crippen LogP contribution in [0.15, 0.2) is 70.1 Å². The molecule has 2 aromatic heterocycles. The van der Waals surface area contributed by atoms with E-state index >= 15 is 0 Å². The first-order valence-electron chi connectivity index (χ1n) is 10.2. The first-order chi connectivity index (χ1) is 14.9. The number of H-pyrrole nitrogens is 1. The molecule has 0 aliphatic heterocycles. The number of aromatic amines is 1. The van der Waals surface area contributed by atoms with Gasteiger partial charge in [-0.05, 0) is 86.1 Å². The number of aromatic nitrogens is 1. The molecule has 2 aromatic carbocycles. The molecule has 0 aliphatic rings. The maximum atomic E-state index is 12.8. The van der Waals surface area contributed by atoms with E-state index in [2.05, 4.69) is 23.3 Å². The van der Waals surface area contributed by atoms with Crippen LogP contribution in [0, 0.1) is 20.8 Å². The molecule has 0 saturated carbocycles. The van der Waals surface area contributed by atoms with Gasteiger partial charge in [-0.2, -0.15) is 0 Å². The number of furan rings is 1. The molecule has 0 saturated heterocycles. The molecule has 0 bridgehead atoms. The van der Waals surface area contributed by atoms with Crippen LogP contribution in [0.3, 0.4) is 0 Å². The molecule has 0 fully saturated rings. The maximum absolute atomic E-state index is 12.8. The van der Waals surface area contributed by atoms with Crippen molar-refractivity contribution in [2.75, 3.05) is 5.32 Å². The van der Waals surface area contributed by atoms with Crippen molar-refractivity contribution in [2.45, 2.75) is 33.9 Å². The van der Waals surface area contributed by atoms with Crippen molar-refractivity contribution in [1.82, 2.24) is 9.88 Å². The van der Waals surface area contributed by atoms with Gasteiger partial charge in [0.2, 0.25) is 0 Å². The summed E-state index contributed by atoms with van der Waals surface area (Å²) >= 11 is 5.72. The number of pyridine rings is 1. The first-order valence-corrected chi connectivity index (χ1v) is 10.6.